The number of nitrogens with one attached hydrogen (secondary N) is 1. The molecular formula is C15H18FNO6S. The summed E-state index contributed by atoms with van der Waals surface area (Å²) in [7, 11) is -2.90. The fourth-order valence-corrected chi connectivity index (χ4v) is 3.56. The molecule has 0 amide bonds. The van der Waals surface area contributed by atoms with Crippen molar-refractivity contribution in [2.24, 2.45) is 0 Å². The zero-order valence-corrected chi connectivity index (χ0v) is 13.7. The van der Waals surface area contributed by atoms with Gasteiger partial charge >= 0.3 is 5.97 Å². The van der Waals surface area contributed by atoms with E-state index in [2.05, 4.69) is 9.46 Å². The van der Waals surface area contributed by atoms with Gasteiger partial charge in [-0.2, -0.15) is 0 Å². The fourth-order valence-electron chi connectivity index (χ4n) is 2.26. The van der Waals surface area contributed by atoms with Gasteiger partial charge in [0.05, 0.1) is 32.3 Å². The highest BCUT2D eigenvalue weighted by atomic mass is 32.2. The maximum Gasteiger partial charge on any atom is 0.308 e. The van der Waals surface area contributed by atoms with E-state index < -0.39 is 51.6 Å². The molecule has 0 saturated carbocycles. The Morgan fingerprint density at radius 3 is 2.71 bits per heavy atom. The topological polar surface area (TPSA) is 102 Å². The Kier molecular flexibility index (Phi) is 6.05. The highest BCUT2D eigenvalue weighted by molar-refractivity contribution is 7.89. The molecule has 0 radical (unpaired) electrons. The number of aliphatic hydroxyl groups excluding tert-OH is 1. The minimum absolute atomic E-state index is 0.0592. The molecule has 1 aliphatic rings. The molecule has 0 saturated heterocycles. The van der Waals surface area contributed by atoms with Gasteiger partial charge in [-0.05, 0) is 12.1 Å². The third-order valence-corrected chi connectivity index (χ3v) is 4.97. The van der Waals surface area contributed by atoms with Crippen LogP contribution in [-0.4, -0.2) is 51.5 Å². The molecule has 0 unspecified atom stereocenters. The van der Waals surface area contributed by atoms with Crippen molar-refractivity contribution >= 4 is 16.0 Å². The van der Waals surface area contributed by atoms with Crippen LogP contribution in [0.2, 0.25) is 0 Å². The van der Waals surface area contributed by atoms with Crippen LogP contribution < -0.4 is 4.72 Å². The standard InChI is InChI=1S/C15H18FNO6S/c1-22-15(19)8-10-6-7-12(13(9-18)23-10)17-24(20,21)14-5-3-2-4-11(14)16/h2-7,10,12-13,17-18H,8-9H2,1H3/t10-,12-,13+/m1/s1. The first-order valence-corrected chi connectivity index (χ1v) is 8.64. The maximum absolute atomic E-state index is 13.7. The molecule has 1 aromatic rings. The largest absolute Gasteiger partial charge is 0.469 e. The van der Waals surface area contributed by atoms with Crippen LogP contribution in [0.15, 0.2) is 41.3 Å². The number of sulfonamides is 1. The van der Waals surface area contributed by atoms with E-state index in [0.29, 0.717) is 0 Å². The molecule has 132 valence electrons. The number of ether oxygens (including phenoxy) is 2. The first kappa shape index (κ1) is 18.5. The number of carbonyl (C=O) groups excluding carboxylic acids is 1. The van der Waals surface area contributed by atoms with E-state index in [1.807, 2.05) is 0 Å². The molecule has 0 aliphatic carbocycles. The molecule has 9 heteroatoms. The average Bonchev–Trinajstić information content (AvgIpc) is 2.56. The number of hydrogen-bond donors (Lipinski definition) is 2. The first-order valence-electron chi connectivity index (χ1n) is 7.15. The lowest BCUT2D eigenvalue weighted by Crippen LogP contribution is -2.48. The minimum atomic E-state index is -4.14. The van der Waals surface area contributed by atoms with Gasteiger partial charge in [-0.15, -0.1) is 0 Å². The normalized spacial score (nSPS) is 23.9. The second kappa shape index (κ2) is 7.84. The van der Waals surface area contributed by atoms with E-state index in [9.17, 15) is 22.7 Å². The molecule has 0 fully saturated rings. The molecule has 24 heavy (non-hydrogen) atoms. The number of halogens is 1. The summed E-state index contributed by atoms with van der Waals surface area (Å²) in [5.74, 6) is -1.37. The van der Waals surface area contributed by atoms with E-state index in [4.69, 9.17) is 4.74 Å². The molecule has 2 rings (SSSR count). The Labute approximate surface area is 139 Å². The molecule has 1 aliphatic heterocycles. The number of benzene rings is 1. The van der Waals surface area contributed by atoms with Gasteiger partial charge in [0.1, 0.15) is 16.8 Å². The van der Waals surface area contributed by atoms with Gasteiger partial charge in [0.25, 0.3) is 0 Å². The number of aliphatic hydroxyl groups is 1. The SMILES string of the molecule is COC(=O)C[C@H]1C=C[C@@H](NS(=O)(=O)c2ccccc2F)[C@H](CO)O1. The highest BCUT2D eigenvalue weighted by Gasteiger charge is 2.32. The summed E-state index contributed by atoms with van der Waals surface area (Å²) in [6.45, 7) is -0.480. The van der Waals surface area contributed by atoms with Crippen molar-refractivity contribution in [3.63, 3.8) is 0 Å². The Morgan fingerprint density at radius 1 is 1.38 bits per heavy atom. The lowest BCUT2D eigenvalue weighted by Gasteiger charge is -2.31. The number of esters is 1. The molecule has 1 heterocycles. The zero-order chi connectivity index (χ0) is 17.7. The van der Waals surface area contributed by atoms with Crippen molar-refractivity contribution in [2.45, 2.75) is 29.6 Å². The van der Waals surface area contributed by atoms with Crippen molar-refractivity contribution in [2.75, 3.05) is 13.7 Å². The molecule has 7 nitrogen and oxygen atoms in total. The van der Waals surface area contributed by atoms with Crippen LogP contribution in [-0.2, 0) is 24.3 Å². The average molecular weight is 359 g/mol. The van der Waals surface area contributed by atoms with Crippen LogP contribution in [0.3, 0.4) is 0 Å². The summed E-state index contributed by atoms with van der Waals surface area (Å²) in [6, 6.07) is 4.07. The number of methoxy groups -OCH3 is 1. The number of carbonyl (C=O) groups is 1. The van der Waals surface area contributed by atoms with E-state index in [1.54, 1.807) is 0 Å². The Bertz CT molecular complexity index is 720. The van der Waals surface area contributed by atoms with Crippen LogP contribution in [0.1, 0.15) is 6.42 Å². The second-order valence-corrected chi connectivity index (χ2v) is 6.82. The number of hydrogen-bond acceptors (Lipinski definition) is 6. The first-order chi connectivity index (χ1) is 11.4. The van der Waals surface area contributed by atoms with Crippen LogP contribution >= 0.6 is 0 Å². The zero-order valence-electron chi connectivity index (χ0n) is 12.9. The van der Waals surface area contributed by atoms with Gasteiger partial charge in [0.2, 0.25) is 10.0 Å². The Morgan fingerprint density at radius 2 is 2.08 bits per heavy atom. The summed E-state index contributed by atoms with van der Waals surface area (Å²) >= 11 is 0. The van der Waals surface area contributed by atoms with E-state index in [1.165, 1.54) is 31.4 Å². The molecular weight excluding hydrogens is 341 g/mol. The lowest BCUT2D eigenvalue weighted by atomic mass is 10.1. The minimum Gasteiger partial charge on any atom is -0.469 e. The van der Waals surface area contributed by atoms with Crippen molar-refractivity contribution in [3.05, 3.63) is 42.2 Å². The van der Waals surface area contributed by atoms with Crippen molar-refractivity contribution < 1.29 is 32.2 Å². The Balaban J connectivity index is 2.15. The molecule has 1 aromatic carbocycles. The maximum atomic E-state index is 13.7. The van der Waals surface area contributed by atoms with Gasteiger partial charge in [0.15, 0.2) is 0 Å². The highest BCUT2D eigenvalue weighted by Crippen LogP contribution is 2.19. The van der Waals surface area contributed by atoms with Gasteiger partial charge in [0, 0.05) is 0 Å². The molecule has 0 bridgehead atoms. The van der Waals surface area contributed by atoms with E-state index >= 15 is 0 Å². The smallest absolute Gasteiger partial charge is 0.308 e. The van der Waals surface area contributed by atoms with Crippen molar-refractivity contribution in [1.82, 2.24) is 4.72 Å². The van der Waals surface area contributed by atoms with Gasteiger partial charge in [-0.1, -0.05) is 24.3 Å². The molecule has 0 aromatic heterocycles. The summed E-state index contributed by atoms with van der Waals surface area (Å²) in [6.07, 6.45) is 1.36. The van der Waals surface area contributed by atoms with Gasteiger partial charge in [-0.3, -0.25) is 4.79 Å². The third-order valence-electron chi connectivity index (χ3n) is 3.48. The van der Waals surface area contributed by atoms with Crippen LogP contribution in [0, 0.1) is 5.82 Å². The van der Waals surface area contributed by atoms with Gasteiger partial charge in [-0.25, -0.2) is 17.5 Å². The summed E-state index contributed by atoms with van der Waals surface area (Å²) < 4.78 is 50.6. The van der Waals surface area contributed by atoms with Crippen molar-refractivity contribution in [1.29, 1.82) is 0 Å². The number of rotatable bonds is 6. The van der Waals surface area contributed by atoms with Crippen LogP contribution in [0.25, 0.3) is 0 Å². The molecule has 2 N–H and O–H groups in total. The van der Waals surface area contributed by atoms with Gasteiger partial charge < -0.3 is 14.6 Å². The third kappa shape index (κ3) is 4.38. The second-order valence-electron chi connectivity index (χ2n) is 5.14. The van der Waals surface area contributed by atoms with Crippen LogP contribution in [0.5, 0.6) is 0 Å². The van der Waals surface area contributed by atoms with Crippen LogP contribution in [0.4, 0.5) is 4.39 Å². The summed E-state index contributed by atoms with van der Waals surface area (Å²) in [4.78, 5) is 10.8. The monoisotopic (exact) mass is 359 g/mol. The Hall–Kier alpha value is -1.81. The molecule has 3 atom stereocenters. The van der Waals surface area contributed by atoms with E-state index in [0.717, 1.165) is 12.1 Å². The summed E-state index contributed by atoms with van der Waals surface area (Å²) in [5, 5.41) is 9.41. The van der Waals surface area contributed by atoms with E-state index in [-0.39, 0.29) is 6.42 Å². The predicted molar refractivity (Wildman–Crippen MR) is 82.0 cm³/mol. The van der Waals surface area contributed by atoms with Crippen molar-refractivity contribution in [3.8, 4) is 0 Å². The molecule has 0 spiro atoms. The fraction of sp³-hybridized carbons (Fsp3) is 0.400. The quantitative estimate of drug-likeness (QED) is 0.561. The predicted octanol–water partition coefficient (Wildman–Crippen LogP) is 0.352. The lowest BCUT2D eigenvalue weighted by molar-refractivity contribution is -0.144. The summed E-state index contributed by atoms with van der Waals surface area (Å²) in [5.41, 5.74) is 0.